The maximum absolute atomic E-state index is 13.1. The first-order valence-electron chi connectivity index (χ1n) is 11.9. The average Bonchev–Trinajstić information content (AvgIpc) is 3.15. The number of carbonyl (C=O) groups is 1. The number of hydrogen-bond acceptors (Lipinski definition) is 8. The number of nitrogens with one attached hydrogen (secondary N) is 2. The molecule has 0 atom stereocenters. The molecule has 38 heavy (non-hydrogen) atoms. The van der Waals surface area contributed by atoms with Crippen molar-refractivity contribution in [1.82, 2.24) is 14.5 Å². The predicted octanol–water partition coefficient (Wildman–Crippen LogP) is 5.33. The minimum atomic E-state index is -0.492. The maximum atomic E-state index is 13.1. The van der Waals surface area contributed by atoms with E-state index >= 15 is 0 Å². The molecule has 2 N–H and O–H groups in total. The molecular formula is C28H30ClN5O4. The second kappa shape index (κ2) is 14.4. The largest absolute Gasteiger partial charge is 0.465 e. The molecule has 0 saturated carbocycles. The molecule has 0 aromatic carbocycles. The minimum Gasteiger partial charge on any atom is -0.465 e. The third-order valence-electron chi connectivity index (χ3n) is 5.41. The second-order valence-corrected chi connectivity index (χ2v) is 8.23. The number of methoxy groups -OCH3 is 1. The molecule has 3 rings (SSSR count). The highest BCUT2D eigenvalue weighted by Gasteiger charge is 2.12. The highest BCUT2D eigenvalue weighted by atomic mass is 35.5. The van der Waals surface area contributed by atoms with Crippen LogP contribution in [0.2, 0.25) is 0 Å². The van der Waals surface area contributed by atoms with Gasteiger partial charge in [-0.3, -0.25) is 14.3 Å². The zero-order chi connectivity index (χ0) is 27.3. The summed E-state index contributed by atoms with van der Waals surface area (Å²) in [6, 6.07) is 1.57. The fourth-order valence-electron chi connectivity index (χ4n) is 3.56. The molecule has 2 aromatic rings. The number of esters is 1. The van der Waals surface area contributed by atoms with Crippen molar-refractivity contribution in [2.24, 2.45) is 0 Å². The number of hydrogen-bond donors (Lipinski definition) is 2. The van der Waals surface area contributed by atoms with Crippen molar-refractivity contribution in [2.45, 2.75) is 26.3 Å². The van der Waals surface area contributed by atoms with Crippen molar-refractivity contribution < 1.29 is 14.3 Å². The van der Waals surface area contributed by atoms with Gasteiger partial charge in [0.1, 0.15) is 17.2 Å². The molecular weight excluding hydrogens is 506 g/mol. The summed E-state index contributed by atoms with van der Waals surface area (Å²) in [5, 5.41) is 6.16. The maximum Gasteiger partial charge on any atom is 0.339 e. The van der Waals surface area contributed by atoms with Gasteiger partial charge >= 0.3 is 5.97 Å². The van der Waals surface area contributed by atoms with Crippen LogP contribution >= 0.6 is 11.6 Å². The number of ether oxygens (including phenoxy) is 2. The van der Waals surface area contributed by atoms with Crippen LogP contribution in [0.1, 0.15) is 30.1 Å². The summed E-state index contributed by atoms with van der Waals surface area (Å²) in [6.07, 6.45) is 20.6. The van der Waals surface area contributed by atoms with E-state index in [9.17, 15) is 9.59 Å². The molecule has 0 fully saturated rings. The normalized spacial score (nSPS) is 13.7. The summed E-state index contributed by atoms with van der Waals surface area (Å²) in [6.45, 7) is 2.34. The summed E-state index contributed by atoms with van der Waals surface area (Å²) in [5.41, 5.74) is 3.71. The summed E-state index contributed by atoms with van der Waals surface area (Å²) >= 11 is 5.68. The molecule has 2 heterocycles. The number of halogens is 1. The lowest BCUT2D eigenvalue weighted by atomic mass is 10.1. The zero-order valence-corrected chi connectivity index (χ0v) is 22.2. The number of nitrogens with zero attached hydrogens (tertiary/aromatic N) is 3. The molecule has 2 aromatic heterocycles. The summed E-state index contributed by atoms with van der Waals surface area (Å²) in [7, 11) is 3.00. The topological polar surface area (TPSA) is 107 Å². The van der Waals surface area contributed by atoms with Gasteiger partial charge in [-0.2, -0.15) is 0 Å². The lowest BCUT2D eigenvalue weighted by Crippen LogP contribution is -2.26. The SMILES string of the molecule is C\C=C/C(=C\C=C\Cl)CCn1c(NC2=CCC=C(Oc3cncc(C(=O)OC)c3)C=C2)ncc(NC)c1=O. The molecule has 0 unspecified atom stereocenters. The molecule has 0 amide bonds. The first-order valence-corrected chi connectivity index (χ1v) is 12.4. The third kappa shape index (κ3) is 7.81. The molecule has 1 aliphatic carbocycles. The van der Waals surface area contributed by atoms with Gasteiger partial charge in [-0.15, -0.1) is 0 Å². The Bertz CT molecular complexity index is 1390. The van der Waals surface area contributed by atoms with Gasteiger partial charge in [0.15, 0.2) is 0 Å². The van der Waals surface area contributed by atoms with E-state index in [1.54, 1.807) is 29.8 Å². The Hall–Kier alpha value is -4.37. The molecule has 1 aliphatic rings. The van der Waals surface area contributed by atoms with Crippen LogP contribution in [0.25, 0.3) is 0 Å². The van der Waals surface area contributed by atoms with E-state index in [1.165, 1.54) is 31.2 Å². The number of pyridine rings is 1. The fraction of sp³-hybridized carbons (Fsp3) is 0.214. The highest BCUT2D eigenvalue weighted by molar-refractivity contribution is 6.25. The van der Waals surface area contributed by atoms with Crippen LogP contribution in [0.5, 0.6) is 5.75 Å². The van der Waals surface area contributed by atoms with Gasteiger partial charge in [-0.25, -0.2) is 9.78 Å². The van der Waals surface area contributed by atoms with E-state index in [2.05, 4.69) is 20.6 Å². The van der Waals surface area contributed by atoms with Gasteiger partial charge in [0.2, 0.25) is 5.95 Å². The Morgan fingerprint density at radius 2 is 2.08 bits per heavy atom. The summed E-state index contributed by atoms with van der Waals surface area (Å²) in [5.74, 6) is 0.906. The van der Waals surface area contributed by atoms with Crippen molar-refractivity contribution in [3.05, 3.63) is 112 Å². The van der Waals surface area contributed by atoms with Crippen molar-refractivity contribution >= 4 is 29.2 Å². The van der Waals surface area contributed by atoms with Crippen molar-refractivity contribution in [2.75, 3.05) is 24.8 Å². The Balaban J connectivity index is 1.77. The number of anilines is 2. The zero-order valence-electron chi connectivity index (χ0n) is 21.5. The quantitative estimate of drug-likeness (QED) is 0.293. The van der Waals surface area contributed by atoms with E-state index < -0.39 is 5.97 Å². The van der Waals surface area contributed by atoms with Crippen LogP contribution < -0.4 is 20.9 Å². The summed E-state index contributed by atoms with van der Waals surface area (Å²) < 4.78 is 12.2. The number of rotatable bonds is 11. The second-order valence-electron chi connectivity index (χ2n) is 7.98. The summed E-state index contributed by atoms with van der Waals surface area (Å²) in [4.78, 5) is 33.4. The number of carbonyl (C=O) groups excluding carboxylic acids is 1. The van der Waals surface area contributed by atoms with Crippen molar-refractivity contribution in [3.63, 3.8) is 0 Å². The number of allylic oxidation sites excluding steroid dienone is 9. The van der Waals surface area contributed by atoms with E-state index in [4.69, 9.17) is 21.1 Å². The Morgan fingerprint density at radius 1 is 1.24 bits per heavy atom. The smallest absolute Gasteiger partial charge is 0.339 e. The first-order chi connectivity index (χ1) is 18.5. The van der Waals surface area contributed by atoms with Crippen LogP contribution in [0.15, 0.2) is 101 Å². The third-order valence-corrected chi connectivity index (χ3v) is 5.56. The van der Waals surface area contributed by atoms with Crippen LogP contribution in [0, 0.1) is 0 Å². The molecule has 0 saturated heterocycles. The molecule has 10 heteroatoms. The van der Waals surface area contributed by atoms with Crippen LogP contribution in [0.3, 0.4) is 0 Å². The Labute approximate surface area is 226 Å². The molecule has 198 valence electrons. The van der Waals surface area contributed by atoms with Gasteiger partial charge in [-0.1, -0.05) is 42.0 Å². The first kappa shape index (κ1) is 28.2. The van der Waals surface area contributed by atoms with Crippen LogP contribution in [-0.2, 0) is 11.3 Å². The van der Waals surface area contributed by atoms with E-state index in [-0.39, 0.29) is 5.56 Å². The molecule has 0 radical (unpaired) electrons. The van der Waals surface area contributed by atoms with Gasteiger partial charge in [0.25, 0.3) is 5.56 Å². The van der Waals surface area contributed by atoms with Crippen LogP contribution in [-0.4, -0.2) is 34.7 Å². The van der Waals surface area contributed by atoms with Gasteiger partial charge < -0.3 is 20.1 Å². The molecule has 0 bridgehead atoms. The molecule has 0 spiro atoms. The van der Waals surface area contributed by atoms with E-state index in [0.29, 0.717) is 48.1 Å². The van der Waals surface area contributed by atoms with Crippen LogP contribution in [0.4, 0.5) is 11.6 Å². The van der Waals surface area contributed by atoms with E-state index in [1.807, 2.05) is 43.4 Å². The van der Waals surface area contributed by atoms with Crippen molar-refractivity contribution in [3.8, 4) is 5.75 Å². The molecule has 9 nitrogen and oxygen atoms in total. The Morgan fingerprint density at radius 3 is 2.82 bits per heavy atom. The van der Waals surface area contributed by atoms with Crippen molar-refractivity contribution in [1.29, 1.82) is 0 Å². The van der Waals surface area contributed by atoms with Gasteiger partial charge in [-0.05, 0) is 49.6 Å². The van der Waals surface area contributed by atoms with Gasteiger partial charge in [0.05, 0.1) is 25.1 Å². The fourth-order valence-corrected chi connectivity index (χ4v) is 3.63. The lowest BCUT2D eigenvalue weighted by Gasteiger charge is -2.15. The average molecular weight is 536 g/mol. The standard InChI is InChI=1S/C28H30ClN5O4/c1-4-7-20(8-6-14-29)13-15-34-26(35)25(30-2)19-32-28(34)33-22-9-5-10-23(12-11-22)38-24-16-21(17-31-18-24)27(36)37-3/h4,6-12,14,16-19,30H,5,13,15H2,1-3H3,(H,32,33)/b7-4-,14-6+,20-8+. The van der Waals surface area contributed by atoms with E-state index in [0.717, 1.165) is 11.3 Å². The predicted molar refractivity (Wildman–Crippen MR) is 150 cm³/mol. The Kier molecular flexibility index (Phi) is 10.7. The lowest BCUT2D eigenvalue weighted by molar-refractivity contribution is 0.0600. The molecule has 0 aliphatic heterocycles. The van der Waals surface area contributed by atoms with Gasteiger partial charge in [0, 0.05) is 31.0 Å². The number of aromatic nitrogens is 3. The monoisotopic (exact) mass is 535 g/mol. The minimum absolute atomic E-state index is 0.184. The highest BCUT2D eigenvalue weighted by Crippen LogP contribution is 2.20.